The first-order chi connectivity index (χ1) is 16.8. The molecule has 4 amide bonds. The van der Waals surface area contributed by atoms with Crippen molar-refractivity contribution in [2.45, 2.75) is 51.4 Å². The molecule has 3 unspecified atom stereocenters. The van der Waals surface area contributed by atoms with Crippen LogP contribution in [0.1, 0.15) is 65.9 Å². The Bertz CT molecular complexity index is 1230. The van der Waals surface area contributed by atoms with Gasteiger partial charge in [0.05, 0.1) is 6.04 Å². The van der Waals surface area contributed by atoms with Crippen molar-refractivity contribution in [3.05, 3.63) is 58.7 Å². The topological polar surface area (TPSA) is 123 Å². The Morgan fingerprint density at radius 3 is 2.66 bits per heavy atom. The van der Waals surface area contributed by atoms with Crippen LogP contribution in [0.4, 0.5) is 4.79 Å². The van der Waals surface area contributed by atoms with Crippen LogP contribution >= 0.6 is 0 Å². The number of nitrogens with zero attached hydrogens (tertiary/aromatic N) is 1. The van der Waals surface area contributed by atoms with Crippen LogP contribution in [0.2, 0.25) is 0 Å². The molecule has 0 spiro atoms. The van der Waals surface area contributed by atoms with Gasteiger partial charge in [0.1, 0.15) is 12.1 Å². The van der Waals surface area contributed by atoms with Crippen LogP contribution in [0.25, 0.3) is 0 Å². The Morgan fingerprint density at radius 2 is 1.86 bits per heavy atom. The summed E-state index contributed by atoms with van der Waals surface area (Å²) < 4.78 is 16.3. The lowest BCUT2D eigenvalue weighted by Gasteiger charge is -2.29. The molecule has 1 saturated heterocycles. The molecule has 3 aliphatic rings. The van der Waals surface area contributed by atoms with E-state index in [4.69, 9.17) is 14.2 Å². The fourth-order valence-electron chi connectivity index (χ4n) is 4.53. The number of imide groups is 1. The maximum atomic E-state index is 13.0. The molecule has 3 heterocycles. The zero-order valence-electron chi connectivity index (χ0n) is 19.3. The molecule has 0 radical (unpaired) electrons. The highest BCUT2D eigenvalue weighted by atomic mass is 16.7. The van der Waals surface area contributed by atoms with Crippen LogP contribution in [-0.2, 0) is 20.9 Å². The summed E-state index contributed by atoms with van der Waals surface area (Å²) in [6.45, 7) is 4.03. The van der Waals surface area contributed by atoms with Gasteiger partial charge in [-0.3, -0.25) is 19.7 Å². The summed E-state index contributed by atoms with van der Waals surface area (Å²) >= 11 is 0. The molecule has 3 aliphatic heterocycles. The van der Waals surface area contributed by atoms with Crippen LogP contribution in [-0.4, -0.2) is 41.5 Å². The number of ether oxygens (including phenoxy) is 3. The second kappa shape index (κ2) is 8.94. The zero-order chi connectivity index (χ0) is 24.7. The van der Waals surface area contributed by atoms with E-state index < -0.39 is 24.1 Å². The molecule has 2 N–H and O–H groups in total. The van der Waals surface area contributed by atoms with Gasteiger partial charge in [-0.15, -0.1) is 0 Å². The number of fused-ring (bicyclic) bond motifs is 2. The molecule has 182 valence electrons. The molecule has 2 aromatic carbocycles. The van der Waals surface area contributed by atoms with Gasteiger partial charge in [-0.1, -0.05) is 18.2 Å². The summed E-state index contributed by atoms with van der Waals surface area (Å²) in [6, 6.07) is 9.77. The number of rotatable bonds is 5. The molecule has 0 saturated carbocycles. The van der Waals surface area contributed by atoms with Gasteiger partial charge in [-0.05, 0) is 55.2 Å². The SMILES string of the molecule is CC(NC(=O)OC(C)c1ccc2c(c1)C(=O)N(C1CCC(=O)NC1=O)C2)c1ccc2c(c1)OCO2. The van der Waals surface area contributed by atoms with E-state index in [9.17, 15) is 19.2 Å². The number of nitrogens with one attached hydrogen (secondary N) is 2. The lowest BCUT2D eigenvalue weighted by atomic mass is 10.0. The lowest BCUT2D eigenvalue weighted by molar-refractivity contribution is -0.136. The first kappa shape index (κ1) is 22.7. The molecule has 0 aliphatic carbocycles. The molecular weight excluding hydrogens is 454 g/mol. The summed E-state index contributed by atoms with van der Waals surface area (Å²) in [6.07, 6.45) is -0.702. The fraction of sp³-hybridized carbons (Fsp3) is 0.360. The van der Waals surface area contributed by atoms with Gasteiger partial charge in [-0.25, -0.2) is 4.79 Å². The number of carbonyl (C=O) groups is 4. The van der Waals surface area contributed by atoms with Crippen molar-refractivity contribution in [1.82, 2.24) is 15.5 Å². The number of hydrogen-bond donors (Lipinski definition) is 2. The average molecular weight is 479 g/mol. The number of carbonyl (C=O) groups excluding carboxylic acids is 4. The Kier molecular flexibility index (Phi) is 5.80. The molecule has 0 bridgehead atoms. The summed E-state index contributed by atoms with van der Waals surface area (Å²) in [5.74, 6) is 0.248. The standard InChI is InChI=1S/C25H25N3O7/c1-13(15-5-7-20-21(10-15)34-12-33-20)26-25(32)35-14(2)16-3-4-17-11-28(24(31)18(17)9-16)19-6-8-22(29)27-23(19)30/h3-5,7,9-10,13-14,19H,6,8,11-12H2,1-2H3,(H,26,32)(H,27,29,30). The van der Waals surface area contributed by atoms with Gasteiger partial charge in [0.2, 0.25) is 18.6 Å². The third-order valence-electron chi connectivity index (χ3n) is 6.54. The first-order valence-corrected chi connectivity index (χ1v) is 11.4. The molecule has 0 aromatic heterocycles. The Labute approximate surface area is 201 Å². The summed E-state index contributed by atoms with van der Waals surface area (Å²) in [4.78, 5) is 50.7. The van der Waals surface area contributed by atoms with E-state index in [2.05, 4.69) is 10.6 Å². The molecule has 3 atom stereocenters. The Hall–Kier alpha value is -4.08. The summed E-state index contributed by atoms with van der Waals surface area (Å²) in [7, 11) is 0. The second-order valence-electron chi connectivity index (χ2n) is 8.84. The molecule has 10 heteroatoms. The highest BCUT2D eigenvalue weighted by molar-refractivity contribution is 6.05. The van der Waals surface area contributed by atoms with Gasteiger partial charge < -0.3 is 24.4 Å². The normalized spacial score (nSPS) is 20.2. The quantitative estimate of drug-likeness (QED) is 0.632. The van der Waals surface area contributed by atoms with Crippen molar-refractivity contribution in [1.29, 1.82) is 0 Å². The van der Waals surface area contributed by atoms with Crippen LogP contribution in [0.5, 0.6) is 11.5 Å². The van der Waals surface area contributed by atoms with E-state index in [1.165, 1.54) is 4.90 Å². The third-order valence-corrected chi connectivity index (χ3v) is 6.54. The number of hydrogen-bond acceptors (Lipinski definition) is 7. The van der Waals surface area contributed by atoms with E-state index in [0.717, 1.165) is 11.1 Å². The predicted molar refractivity (Wildman–Crippen MR) is 121 cm³/mol. The van der Waals surface area contributed by atoms with E-state index in [1.807, 2.05) is 19.1 Å². The zero-order valence-corrected chi connectivity index (χ0v) is 19.3. The summed E-state index contributed by atoms with van der Waals surface area (Å²) in [5.41, 5.74) is 2.76. The van der Waals surface area contributed by atoms with Gasteiger partial charge in [0.25, 0.3) is 5.91 Å². The minimum Gasteiger partial charge on any atom is -0.454 e. The van der Waals surface area contributed by atoms with Crippen LogP contribution in [0, 0.1) is 0 Å². The van der Waals surface area contributed by atoms with E-state index >= 15 is 0 Å². The first-order valence-electron chi connectivity index (χ1n) is 11.4. The van der Waals surface area contributed by atoms with Crippen molar-refractivity contribution in [2.24, 2.45) is 0 Å². The average Bonchev–Trinajstić information content (AvgIpc) is 3.42. The number of alkyl carbamates (subject to hydrolysis) is 1. The van der Waals surface area contributed by atoms with E-state index in [0.29, 0.717) is 35.6 Å². The smallest absolute Gasteiger partial charge is 0.408 e. The van der Waals surface area contributed by atoms with Gasteiger partial charge >= 0.3 is 6.09 Å². The van der Waals surface area contributed by atoms with Gasteiger partial charge in [0.15, 0.2) is 11.5 Å². The number of amides is 4. The van der Waals surface area contributed by atoms with Crippen LogP contribution in [0.15, 0.2) is 36.4 Å². The number of benzene rings is 2. The van der Waals surface area contributed by atoms with Crippen LogP contribution < -0.4 is 20.1 Å². The lowest BCUT2D eigenvalue weighted by Crippen LogP contribution is -2.52. The molecule has 35 heavy (non-hydrogen) atoms. The van der Waals surface area contributed by atoms with Crippen molar-refractivity contribution in [3.8, 4) is 11.5 Å². The largest absolute Gasteiger partial charge is 0.454 e. The maximum Gasteiger partial charge on any atom is 0.408 e. The molecule has 2 aromatic rings. The minimum atomic E-state index is -0.673. The molecule has 10 nitrogen and oxygen atoms in total. The Morgan fingerprint density at radius 1 is 1.09 bits per heavy atom. The minimum absolute atomic E-state index is 0.175. The van der Waals surface area contributed by atoms with Gasteiger partial charge in [0, 0.05) is 18.5 Å². The number of piperidine rings is 1. The highest BCUT2D eigenvalue weighted by Gasteiger charge is 2.39. The van der Waals surface area contributed by atoms with Gasteiger partial charge in [-0.2, -0.15) is 0 Å². The van der Waals surface area contributed by atoms with Crippen molar-refractivity contribution >= 4 is 23.8 Å². The second-order valence-corrected chi connectivity index (χ2v) is 8.84. The molecular formula is C25H25N3O7. The van der Waals surface area contributed by atoms with Crippen LogP contribution in [0.3, 0.4) is 0 Å². The monoisotopic (exact) mass is 479 g/mol. The molecule has 1 fully saturated rings. The van der Waals surface area contributed by atoms with Crippen molar-refractivity contribution < 1.29 is 33.4 Å². The van der Waals surface area contributed by atoms with E-state index in [-0.39, 0.29) is 31.1 Å². The fourth-order valence-corrected chi connectivity index (χ4v) is 4.53. The highest BCUT2D eigenvalue weighted by Crippen LogP contribution is 2.34. The van der Waals surface area contributed by atoms with Crippen molar-refractivity contribution in [2.75, 3.05) is 6.79 Å². The summed E-state index contributed by atoms with van der Waals surface area (Å²) in [5, 5.41) is 5.10. The predicted octanol–water partition coefficient (Wildman–Crippen LogP) is 2.72. The Balaban J connectivity index is 1.22. The van der Waals surface area contributed by atoms with E-state index in [1.54, 1.807) is 31.2 Å². The third kappa shape index (κ3) is 4.39. The van der Waals surface area contributed by atoms with Crippen molar-refractivity contribution in [3.63, 3.8) is 0 Å². The molecule has 5 rings (SSSR count). The maximum absolute atomic E-state index is 13.0.